The van der Waals surface area contributed by atoms with Gasteiger partial charge < -0.3 is 10.3 Å². The molecule has 2 aromatic rings. The highest BCUT2D eigenvalue weighted by Gasteiger charge is 2.04. The molecule has 1 aromatic carbocycles. The van der Waals surface area contributed by atoms with Crippen LogP contribution in [0.5, 0.6) is 0 Å². The fourth-order valence-electron chi connectivity index (χ4n) is 2.01. The Morgan fingerprint density at radius 2 is 2.07 bits per heavy atom. The van der Waals surface area contributed by atoms with Crippen LogP contribution in [-0.4, -0.2) is 10.6 Å². The highest BCUT2D eigenvalue weighted by Crippen LogP contribution is 2.20. The van der Waals surface area contributed by atoms with Gasteiger partial charge in [0.1, 0.15) is 0 Å². The molecule has 2 nitrogen and oxygen atoms in total. The molecular formula is C13H18N2. The summed E-state index contributed by atoms with van der Waals surface area (Å²) in [4.78, 5) is 0. The highest BCUT2D eigenvalue weighted by atomic mass is 14.9. The van der Waals surface area contributed by atoms with Crippen molar-refractivity contribution >= 4 is 10.9 Å². The molecule has 80 valence electrons. The van der Waals surface area contributed by atoms with Gasteiger partial charge in [0.05, 0.1) is 0 Å². The predicted octanol–water partition coefficient (Wildman–Crippen LogP) is 2.38. The first kappa shape index (κ1) is 10.2. The number of hydrogen-bond acceptors (Lipinski definition) is 1. The Hall–Kier alpha value is -1.28. The summed E-state index contributed by atoms with van der Waals surface area (Å²) < 4.78 is 2.22. The first-order valence-corrected chi connectivity index (χ1v) is 5.38. The minimum atomic E-state index is 0.226. The number of hydrogen-bond donors (Lipinski definition) is 1. The zero-order chi connectivity index (χ0) is 11.0. The lowest BCUT2D eigenvalue weighted by Gasteiger charge is -2.06. The molecule has 0 aliphatic heterocycles. The van der Waals surface area contributed by atoms with E-state index in [0.29, 0.717) is 0 Å². The van der Waals surface area contributed by atoms with Gasteiger partial charge in [0.2, 0.25) is 0 Å². The van der Waals surface area contributed by atoms with E-state index in [9.17, 15) is 0 Å². The molecule has 2 rings (SSSR count). The monoisotopic (exact) mass is 202 g/mol. The smallest absolute Gasteiger partial charge is 0.0482 e. The largest absolute Gasteiger partial charge is 0.348 e. The van der Waals surface area contributed by atoms with Crippen LogP contribution in [0.2, 0.25) is 0 Å². The van der Waals surface area contributed by atoms with E-state index in [1.54, 1.807) is 0 Å². The quantitative estimate of drug-likeness (QED) is 0.796. The van der Waals surface area contributed by atoms with Gasteiger partial charge in [0.25, 0.3) is 0 Å². The Morgan fingerprint density at radius 3 is 2.73 bits per heavy atom. The number of aromatic nitrogens is 1. The van der Waals surface area contributed by atoms with Gasteiger partial charge >= 0.3 is 0 Å². The van der Waals surface area contributed by atoms with Crippen LogP contribution < -0.4 is 5.73 Å². The average molecular weight is 202 g/mol. The fourth-order valence-corrected chi connectivity index (χ4v) is 2.01. The number of rotatable bonds is 2. The number of benzene rings is 1. The zero-order valence-corrected chi connectivity index (χ0v) is 9.62. The van der Waals surface area contributed by atoms with Crippen LogP contribution in [0.15, 0.2) is 24.3 Å². The Bertz CT molecular complexity index is 480. The Morgan fingerprint density at radius 1 is 1.33 bits per heavy atom. The molecule has 0 saturated heterocycles. The van der Waals surface area contributed by atoms with Crippen LogP contribution in [0.3, 0.4) is 0 Å². The van der Waals surface area contributed by atoms with E-state index in [4.69, 9.17) is 5.73 Å². The van der Waals surface area contributed by atoms with Crippen molar-refractivity contribution in [2.24, 2.45) is 12.8 Å². The van der Waals surface area contributed by atoms with E-state index in [1.165, 1.54) is 22.2 Å². The van der Waals surface area contributed by atoms with Gasteiger partial charge in [-0.1, -0.05) is 12.1 Å². The first-order chi connectivity index (χ1) is 7.08. The van der Waals surface area contributed by atoms with Gasteiger partial charge in [-0.3, -0.25) is 0 Å². The minimum Gasteiger partial charge on any atom is -0.348 e. The minimum absolute atomic E-state index is 0.226. The third-order valence-electron chi connectivity index (χ3n) is 2.91. The van der Waals surface area contributed by atoms with Crippen molar-refractivity contribution in [3.05, 3.63) is 35.5 Å². The fraction of sp³-hybridized carbons (Fsp3) is 0.385. The van der Waals surface area contributed by atoms with Gasteiger partial charge in [0, 0.05) is 24.3 Å². The third kappa shape index (κ3) is 1.90. The normalized spacial score (nSPS) is 13.3. The highest BCUT2D eigenvalue weighted by molar-refractivity contribution is 5.81. The molecule has 0 fully saturated rings. The Labute approximate surface area is 90.7 Å². The topological polar surface area (TPSA) is 30.9 Å². The van der Waals surface area contributed by atoms with Crippen LogP contribution in [0, 0.1) is 6.92 Å². The molecule has 15 heavy (non-hydrogen) atoms. The van der Waals surface area contributed by atoms with Gasteiger partial charge in [-0.25, -0.2) is 0 Å². The first-order valence-electron chi connectivity index (χ1n) is 5.38. The zero-order valence-electron chi connectivity index (χ0n) is 9.62. The molecule has 0 aliphatic rings. The summed E-state index contributed by atoms with van der Waals surface area (Å²) >= 11 is 0. The molecule has 2 N–H and O–H groups in total. The molecule has 1 heterocycles. The predicted molar refractivity (Wildman–Crippen MR) is 65.0 cm³/mol. The Balaban J connectivity index is 2.49. The van der Waals surface area contributed by atoms with Crippen LogP contribution in [-0.2, 0) is 13.5 Å². The summed E-state index contributed by atoms with van der Waals surface area (Å²) in [6.45, 7) is 4.17. The van der Waals surface area contributed by atoms with Crippen LogP contribution >= 0.6 is 0 Å². The molecule has 1 atom stereocenters. The molecule has 1 unspecified atom stereocenters. The maximum atomic E-state index is 5.80. The van der Waals surface area contributed by atoms with Gasteiger partial charge in [-0.2, -0.15) is 0 Å². The second-order valence-corrected chi connectivity index (χ2v) is 4.42. The van der Waals surface area contributed by atoms with E-state index in [1.807, 2.05) is 6.92 Å². The number of fused-ring (bicyclic) bond motifs is 1. The van der Waals surface area contributed by atoms with Gasteiger partial charge in [0.15, 0.2) is 0 Å². The molecule has 0 spiro atoms. The van der Waals surface area contributed by atoms with E-state index < -0.39 is 0 Å². The summed E-state index contributed by atoms with van der Waals surface area (Å²) in [6.07, 6.45) is 0.945. The number of nitrogens with zero attached hydrogens (tertiary/aromatic N) is 1. The molecule has 0 radical (unpaired) electrons. The van der Waals surface area contributed by atoms with Gasteiger partial charge in [-0.05, 0) is 43.4 Å². The lowest BCUT2D eigenvalue weighted by Crippen LogP contribution is -2.17. The maximum Gasteiger partial charge on any atom is 0.0482 e. The summed E-state index contributed by atoms with van der Waals surface area (Å²) in [5.74, 6) is 0. The van der Waals surface area contributed by atoms with E-state index >= 15 is 0 Å². The summed E-state index contributed by atoms with van der Waals surface area (Å²) in [5.41, 5.74) is 9.71. The van der Waals surface area contributed by atoms with Gasteiger partial charge in [-0.15, -0.1) is 0 Å². The van der Waals surface area contributed by atoms with Crippen molar-refractivity contribution in [3.8, 4) is 0 Å². The molecule has 0 aliphatic carbocycles. The summed E-state index contributed by atoms with van der Waals surface area (Å²) in [6, 6.07) is 9.03. The lowest BCUT2D eigenvalue weighted by atomic mass is 10.1. The lowest BCUT2D eigenvalue weighted by molar-refractivity contribution is 0.738. The molecule has 0 bridgehead atoms. The molecular weight excluding hydrogens is 184 g/mol. The summed E-state index contributed by atoms with van der Waals surface area (Å²) in [5, 5.41) is 1.31. The summed E-state index contributed by atoms with van der Waals surface area (Å²) in [7, 11) is 2.10. The van der Waals surface area contributed by atoms with Crippen molar-refractivity contribution in [3.63, 3.8) is 0 Å². The van der Waals surface area contributed by atoms with E-state index in [-0.39, 0.29) is 6.04 Å². The number of nitrogens with two attached hydrogens (primary N) is 1. The van der Waals surface area contributed by atoms with Crippen molar-refractivity contribution in [1.29, 1.82) is 0 Å². The van der Waals surface area contributed by atoms with Crippen molar-refractivity contribution in [2.75, 3.05) is 0 Å². The molecule has 0 saturated carbocycles. The van der Waals surface area contributed by atoms with Crippen molar-refractivity contribution in [2.45, 2.75) is 26.3 Å². The maximum absolute atomic E-state index is 5.80. The molecule has 2 heteroatoms. The van der Waals surface area contributed by atoms with E-state index in [0.717, 1.165) is 6.42 Å². The van der Waals surface area contributed by atoms with Crippen molar-refractivity contribution < 1.29 is 0 Å². The second kappa shape index (κ2) is 3.70. The standard InChI is InChI=1S/C13H18N2/c1-9(14)6-11-4-5-12-7-10(2)15(3)13(12)8-11/h4-5,7-9H,6,14H2,1-3H3. The van der Waals surface area contributed by atoms with Crippen LogP contribution in [0.1, 0.15) is 18.2 Å². The number of aryl methyl sites for hydroxylation is 2. The Kier molecular flexibility index (Phi) is 2.53. The SMILES string of the molecule is Cc1cc2ccc(CC(C)N)cc2n1C. The molecule has 1 aromatic heterocycles. The van der Waals surface area contributed by atoms with Crippen molar-refractivity contribution in [1.82, 2.24) is 4.57 Å². The average Bonchev–Trinajstić information content (AvgIpc) is 2.43. The molecule has 0 amide bonds. The van der Waals surface area contributed by atoms with E-state index in [2.05, 4.69) is 42.8 Å². The van der Waals surface area contributed by atoms with Crippen LogP contribution in [0.4, 0.5) is 0 Å². The van der Waals surface area contributed by atoms with Crippen LogP contribution in [0.25, 0.3) is 10.9 Å². The third-order valence-corrected chi connectivity index (χ3v) is 2.91. The second-order valence-electron chi connectivity index (χ2n) is 4.42.